The number of hydrogen-bond acceptors (Lipinski definition) is 15. The van der Waals surface area contributed by atoms with Gasteiger partial charge in [-0.15, -0.1) is 0 Å². The van der Waals surface area contributed by atoms with Gasteiger partial charge in [0.25, 0.3) is 5.56 Å². The van der Waals surface area contributed by atoms with E-state index >= 15 is 0 Å². The number of aromatic amines is 1. The Balaban J connectivity index is 0.000000189. The molecule has 6 atom stereocenters. The third-order valence-electron chi connectivity index (χ3n) is 5.76. The van der Waals surface area contributed by atoms with Crippen molar-refractivity contribution in [1.82, 2.24) is 45.2 Å². The van der Waals surface area contributed by atoms with Crippen LogP contribution in [0, 0.1) is 0 Å². The van der Waals surface area contributed by atoms with E-state index in [4.69, 9.17) is 46.9 Å². The molecule has 6 heterocycles. The van der Waals surface area contributed by atoms with Gasteiger partial charge in [0.15, 0.2) is 29.6 Å². The smallest absolute Gasteiger partial charge is 0.398 e. The fraction of sp³-hybridized carbons (Fsp3) is 0.474. The second-order valence-corrected chi connectivity index (χ2v) is 12.3. The Kier molecular flexibility index (Phi) is 9.53. The first kappa shape index (κ1) is 31.8. The summed E-state index contributed by atoms with van der Waals surface area (Å²) in [5, 5.41) is 0.212. The van der Waals surface area contributed by atoms with Crippen molar-refractivity contribution >= 4 is 61.2 Å². The van der Waals surface area contributed by atoms with E-state index in [0.29, 0.717) is 24.3 Å². The minimum atomic E-state index is -4.71. The Morgan fingerprint density at radius 3 is 2.29 bits per heavy atom. The summed E-state index contributed by atoms with van der Waals surface area (Å²) < 4.78 is 46.3. The van der Waals surface area contributed by atoms with Gasteiger partial charge in [0.2, 0.25) is 17.9 Å². The lowest BCUT2D eigenvalue weighted by atomic mass is 10.4. The number of H-pyrrole nitrogens is 1. The number of anilines is 2. The van der Waals surface area contributed by atoms with Crippen LogP contribution in [0.4, 0.5) is 11.9 Å². The molecule has 6 unspecified atom stereocenters. The van der Waals surface area contributed by atoms with Crippen molar-refractivity contribution in [2.45, 2.75) is 37.4 Å². The summed E-state index contributed by atoms with van der Waals surface area (Å²) >= 11 is 5.96. The largest absolute Gasteiger partial charge is 0.775 e. The van der Waals surface area contributed by atoms with E-state index in [1.807, 2.05) is 0 Å². The van der Waals surface area contributed by atoms with Crippen LogP contribution in [0.3, 0.4) is 0 Å². The molecule has 0 spiro atoms. The van der Waals surface area contributed by atoms with E-state index in [2.05, 4.69) is 29.9 Å². The minimum Gasteiger partial charge on any atom is -0.775 e. The first-order valence-electron chi connectivity index (χ1n) is 11.7. The molecule has 0 saturated carbocycles. The van der Waals surface area contributed by atoms with Crippen molar-refractivity contribution in [3.63, 3.8) is 0 Å². The zero-order valence-corrected chi connectivity index (χ0v) is 24.6. The molecule has 10 N–H and O–H groups in total. The Hall–Kier alpha value is -3.16. The zero-order valence-electron chi connectivity index (χ0n) is 22.1. The molecule has 228 valence electrons. The van der Waals surface area contributed by atoms with E-state index in [-0.39, 0.29) is 53.6 Å². The minimum absolute atomic E-state index is 0. The van der Waals surface area contributed by atoms with Gasteiger partial charge in [0.1, 0.15) is 24.4 Å². The maximum Gasteiger partial charge on any atom is 0.398 e. The zero-order chi connectivity index (χ0) is 29.5. The number of fused-ring (bicyclic) bond motifs is 2. The maximum absolute atomic E-state index is 11.6. The summed E-state index contributed by atoms with van der Waals surface area (Å²) in [7, 11) is -6.24. The van der Waals surface area contributed by atoms with Gasteiger partial charge in [-0.3, -0.25) is 9.78 Å². The second-order valence-electron chi connectivity index (χ2n) is 8.87. The Morgan fingerprint density at radius 1 is 1.10 bits per heavy atom. The quantitative estimate of drug-likeness (QED) is 0.130. The van der Waals surface area contributed by atoms with Gasteiger partial charge in [0.05, 0.1) is 39.0 Å². The second kappa shape index (κ2) is 12.6. The summed E-state index contributed by atoms with van der Waals surface area (Å²) in [6.45, 7) is 2.51. The number of halogens is 1. The van der Waals surface area contributed by atoms with Crippen LogP contribution in [0.25, 0.3) is 22.3 Å². The third-order valence-corrected chi connectivity index (χ3v) is 7.69. The number of ether oxygens (including phenoxy) is 4. The SMILES string of the molecule is C[P+](=O)C1OCC(Cn2cnc3c(Cl)nc(N)nc32)O1.Nc1nc2c(ncn2CC2COC(P(=O)([O-])O)O2)c(=O)[nH]1.[NH4+]. The van der Waals surface area contributed by atoms with E-state index < -0.39 is 39.1 Å². The van der Waals surface area contributed by atoms with Crippen molar-refractivity contribution in [3.8, 4) is 0 Å². The first-order valence-corrected chi connectivity index (χ1v) is 15.5. The molecule has 4 aromatic heterocycles. The average molecular weight is 651 g/mol. The normalized spacial score (nSPS) is 23.8. The average Bonchev–Trinajstić information content (AvgIpc) is 3.68. The van der Waals surface area contributed by atoms with Crippen LogP contribution in [0.2, 0.25) is 5.15 Å². The van der Waals surface area contributed by atoms with Crippen LogP contribution in [0.15, 0.2) is 17.4 Å². The van der Waals surface area contributed by atoms with Crippen LogP contribution in [-0.4, -0.2) is 88.1 Å². The molecule has 0 bridgehead atoms. The predicted molar refractivity (Wildman–Crippen MR) is 146 cm³/mol. The molecule has 2 fully saturated rings. The lowest BCUT2D eigenvalue weighted by Crippen LogP contribution is -2.22. The van der Waals surface area contributed by atoms with Crippen molar-refractivity contribution in [2.75, 3.05) is 31.3 Å². The highest BCUT2D eigenvalue weighted by Gasteiger charge is 2.37. The fourth-order valence-corrected chi connectivity index (χ4v) is 5.48. The monoisotopic (exact) mass is 650 g/mol. The molecule has 6 rings (SSSR count). The van der Waals surface area contributed by atoms with Crippen LogP contribution in [0.5, 0.6) is 0 Å². The molecule has 0 aromatic carbocycles. The molecule has 23 heteroatoms. The number of nitrogens with zero attached hydrogens (tertiary/aromatic N) is 7. The van der Waals surface area contributed by atoms with Gasteiger partial charge in [-0.1, -0.05) is 16.2 Å². The number of nitrogens with two attached hydrogens (primary N) is 2. The molecular formula is C19H27ClN11O9P2+. The van der Waals surface area contributed by atoms with E-state index in [0.717, 1.165) is 0 Å². The van der Waals surface area contributed by atoms with Gasteiger partial charge in [-0.25, -0.2) is 9.97 Å². The molecule has 4 aromatic rings. The van der Waals surface area contributed by atoms with Crippen LogP contribution < -0.4 is 28.1 Å². The number of hydrogen-bond donors (Lipinski definition) is 5. The summed E-state index contributed by atoms with van der Waals surface area (Å²) in [4.78, 5) is 53.7. The van der Waals surface area contributed by atoms with Crippen LogP contribution in [-0.2, 0) is 41.2 Å². The molecule has 0 aliphatic carbocycles. The Morgan fingerprint density at radius 2 is 1.69 bits per heavy atom. The fourth-order valence-electron chi connectivity index (χ4n) is 4.02. The Bertz CT molecular complexity index is 1710. The molecule has 0 radical (unpaired) electrons. The number of aromatic nitrogens is 8. The first-order chi connectivity index (χ1) is 19.4. The summed E-state index contributed by atoms with van der Waals surface area (Å²) in [5.74, 6) is 0.0255. The summed E-state index contributed by atoms with van der Waals surface area (Å²) in [6, 6.07) is -2.33. The molecular weight excluding hydrogens is 624 g/mol. The lowest BCUT2D eigenvalue weighted by Gasteiger charge is -2.21. The predicted octanol–water partition coefficient (Wildman–Crippen LogP) is -0.459. The van der Waals surface area contributed by atoms with Gasteiger partial charge in [-0.2, -0.15) is 15.0 Å². The van der Waals surface area contributed by atoms with Crippen molar-refractivity contribution in [3.05, 3.63) is 28.2 Å². The molecule has 20 nitrogen and oxygen atoms in total. The molecule has 2 aliphatic heterocycles. The standard InChI is InChI=1S/C10H12ClN5O3P.C9H12N5O6P.H3N/c1-20(17)10-18-3-5(19-10)2-16-4-13-6-7(11)14-9(12)15-8(6)16;10-8-12-6-5(7(15)13-8)11-3-14(6)1-4-2-19-9(20-4)21(16,17)18;/h4-5,10H,2-3H2,1H3,(H2,12,14,15);3-4,9H,1-2H2,(H2,16,17,18)(H3,10,12,13,15);1H3/q+1;;. The molecule has 2 aliphatic rings. The summed E-state index contributed by atoms with van der Waals surface area (Å²) in [5.41, 5.74) is 11.9. The van der Waals surface area contributed by atoms with E-state index in [1.54, 1.807) is 17.6 Å². The van der Waals surface area contributed by atoms with Crippen LogP contribution >= 0.6 is 27.0 Å². The van der Waals surface area contributed by atoms with Gasteiger partial charge in [0, 0.05) is 0 Å². The number of nitrogens with one attached hydrogen (secondary N) is 1. The van der Waals surface area contributed by atoms with E-state index in [9.17, 15) is 18.8 Å². The van der Waals surface area contributed by atoms with Gasteiger partial charge >= 0.3 is 13.8 Å². The number of imidazole rings is 2. The van der Waals surface area contributed by atoms with Crippen molar-refractivity contribution in [1.29, 1.82) is 0 Å². The third kappa shape index (κ3) is 6.90. The number of nitrogen functional groups attached to an aromatic ring is 2. The highest BCUT2D eigenvalue weighted by Crippen LogP contribution is 2.41. The van der Waals surface area contributed by atoms with E-state index in [1.165, 1.54) is 10.9 Å². The topological polar surface area (TPSA) is 310 Å². The van der Waals surface area contributed by atoms with Gasteiger partial charge in [-0.05, 0) is 0 Å². The Labute approximate surface area is 241 Å². The number of rotatable bonds is 6. The lowest BCUT2D eigenvalue weighted by molar-refractivity contribution is -0.216. The summed E-state index contributed by atoms with van der Waals surface area (Å²) in [6.07, 6.45) is 2.10. The highest BCUT2D eigenvalue weighted by molar-refractivity contribution is 7.50. The van der Waals surface area contributed by atoms with Crippen molar-refractivity contribution in [2.24, 2.45) is 0 Å². The highest BCUT2D eigenvalue weighted by atomic mass is 35.5. The molecule has 0 amide bonds. The molecule has 42 heavy (non-hydrogen) atoms. The van der Waals surface area contributed by atoms with Crippen molar-refractivity contribution < 1.29 is 37.9 Å². The molecule has 2 saturated heterocycles. The van der Waals surface area contributed by atoms with Crippen LogP contribution in [0.1, 0.15) is 0 Å². The van der Waals surface area contributed by atoms with Gasteiger partial charge < -0.3 is 60.1 Å². The maximum atomic E-state index is 11.6. The number of quaternary nitrogens is 1.